The summed E-state index contributed by atoms with van der Waals surface area (Å²) in [6.07, 6.45) is 1.73. The number of ether oxygens (including phenoxy) is 1. The van der Waals surface area contributed by atoms with Crippen LogP contribution >= 0.6 is 11.3 Å². The predicted molar refractivity (Wildman–Crippen MR) is 118 cm³/mol. The van der Waals surface area contributed by atoms with Gasteiger partial charge < -0.3 is 15.0 Å². The van der Waals surface area contributed by atoms with Crippen LogP contribution in [0.1, 0.15) is 11.4 Å². The van der Waals surface area contributed by atoms with Crippen molar-refractivity contribution >= 4 is 27.4 Å². The van der Waals surface area contributed by atoms with Crippen molar-refractivity contribution < 1.29 is 4.74 Å². The van der Waals surface area contributed by atoms with Gasteiger partial charge in [0.15, 0.2) is 0 Å². The summed E-state index contributed by atoms with van der Waals surface area (Å²) < 4.78 is 5.39. The van der Waals surface area contributed by atoms with E-state index < -0.39 is 0 Å². The average molecular weight is 406 g/mol. The van der Waals surface area contributed by atoms with Crippen LogP contribution in [0, 0.1) is 0 Å². The maximum absolute atomic E-state index is 5.39. The highest BCUT2D eigenvalue weighted by atomic mass is 32.1. The highest BCUT2D eigenvalue weighted by Crippen LogP contribution is 2.37. The zero-order chi connectivity index (χ0) is 20.2. The molecule has 29 heavy (non-hydrogen) atoms. The predicted octanol–water partition coefficient (Wildman–Crippen LogP) is 4.44. The van der Waals surface area contributed by atoms with Crippen molar-refractivity contribution in [1.29, 1.82) is 0 Å². The Morgan fingerprint density at radius 3 is 2.66 bits per heavy atom. The van der Waals surface area contributed by atoms with Crippen LogP contribution in [0.5, 0.6) is 5.88 Å². The van der Waals surface area contributed by atoms with Gasteiger partial charge in [0.05, 0.1) is 19.0 Å². The minimum absolute atomic E-state index is 0.564. The molecule has 4 rings (SSSR count). The summed E-state index contributed by atoms with van der Waals surface area (Å²) in [5.74, 6) is 2.25. The Kier molecular flexibility index (Phi) is 5.69. The summed E-state index contributed by atoms with van der Waals surface area (Å²) in [4.78, 5) is 17.0. The minimum Gasteiger partial charge on any atom is -0.481 e. The molecule has 0 saturated heterocycles. The van der Waals surface area contributed by atoms with Crippen LogP contribution in [0.15, 0.2) is 54.0 Å². The van der Waals surface area contributed by atoms with Gasteiger partial charge in [-0.15, -0.1) is 11.3 Å². The third-order valence-electron chi connectivity index (χ3n) is 4.51. The van der Waals surface area contributed by atoms with Crippen molar-refractivity contribution in [2.24, 2.45) is 0 Å². The zero-order valence-corrected chi connectivity index (χ0v) is 17.5. The molecule has 148 valence electrons. The van der Waals surface area contributed by atoms with Crippen LogP contribution < -0.4 is 10.1 Å². The maximum Gasteiger partial charge on any atom is 0.218 e. The van der Waals surface area contributed by atoms with E-state index in [1.807, 2.05) is 44.4 Å². The minimum atomic E-state index is 0.564. The lowest BCUT2D eigenvalue weighted by molar-refractivity contribution is 0.391. The number of rotatable bonds is 7. The number of hydrogen-bond acceptors (Lipinski definition) is 7. The average Bonchev–Trinajstić information content (AvgIpc) is 3.16. The van der Waals surface area contributed by atoms with Gasteiger partial charge in [-0.05, 0) is 25.7 Å². The molecule has 4 aromatic rings. The van der Waals surface area contributed by atoms with E-state index in [1.165, 1.54) is 0 Å². The van der Waals surface area contributed by atoms with Gasteiger partial charge in [-0.2, -0.15) is 0 Å². The number of aromatic nitrogens is 3. The molecule has 3 aromatic heterocycles. The van der Waals surface area contributed by atoms with Crippen LogP contribution in [-0.4, -0.2) is 41.1 Å². The molecule has 1 N–H and O–H groups in total. The normalized spacial score (nSPS) is 11.2. The van der Waals surface area contributed by atoms with Gasteiger partial charge in [-0.3, -0.25) is 0 Å². The molecule has 0 amide bonds. The molecule has 0 atom stereocenters. The molecule has 0 aliphatic rings. The van der Waals surface area contributed by atoms with E-state index in [0.29, 0.717) is 19.0 Å². The lowest BCUT2D eigenvalue weighted by atomic mass is 10.1. The van der Waals surface area contributed by atoms with Crippen molar-refractivity contribution in [3.8, 4) is 17.0 Å². The molecule has 1 aromatic carbocycles. The Morgan fingerprint density at radius 1 is 1.07 bits per heavy atom. The molecule has 0 aliphatic carbocycles. The third kappa shape index (κ3) is 4.21. The number of thiophene rings is 1. The first kappa shape index (κ1) is 19.3. The Hall–Kier alpha value is -3.03. The van der Waals surface area contributed by atoms with Crippen molar-refractivity contribution in [3.63, 3.8) is 0 Å². The zero-order valence-electron chi connectivity index (χ0n) is 16.7. The Balaban J connectivity index is 1.77. The van der Waals surface area contributed by atoms with Crippen molar-refractivity contribution in [3.05, 3.63) is 65.4 Å². The van der Waals surface area contributed by atoms with Gasteiger partial charge in [0.1, 0.15) is 16.5 Å². The number of benzene rings is 1. The summed E-state index contributed by atoms with van der Waals surface area (Å²) in [5.41, 5.74) is 3.28. The van der Waals surface area contributed by atoms with Crippen LogP contribution in [-0.2, 0) is 13.1 Å². The topological polar surface area (TPSA) is 63.2 Å². The first-order valence-electron chi connectivity index (χ1n) is 9.35. The smallest absolute Gasteiger partial charge is 0.218 e. The highest BCUT2D eigenvalue weighted by molar-refractivity contribution is 7.17. The Bertz CT molecular complexity index is 1110. The fourth-order valence-electron chi connectivity index (χ4n) is 3.22. The summed E-state index contributed by atoms with van der Waals surface area (Å²) in [6, 6.07) is 14.3. The molecule has 3 heterocycles. The van der Waals surface area contributed by atoms with Crippen LogP contribution in [0.25, 0.3) is 21.3 Å². The van der Waals surface area contributed by atoms with Crippen molar-refractivity contribution in [2.45, 2.75) is 13.1 Å². The number of methoxy groups -OCH3 is 1. The highest BCUT2D eigenvalue weighted by Gasteiger charge is 2.16. The molecule has 0 spiro atoms. The SMILES string of the molecule is COc1ncccc1CNc1nc(CN(C)C)nc2scc(-c3ccccc3)c12. The first-order chi connectivity index (χ1) is 14.2. The van der Waals surface area contributed by atoms with E-state index in [0.717, 1.165) is 38.5 Å². The first-order valence-corrected chi connectivity index (χ1v) is 10.2. The lowest BCUT2D eigenvalue weighted by Gasteiger charge is -2.14. The Morgan fingerprint density at radius 2 is 1.90 bits per heavy atom. The summed E-state index contributed by atoms with van der Waals surface area (Å²) in [7, 11) is 5.67. The van der Waals surface area contributed by atoms with Crippen molar-refractivity contribution in [2.75, 3.05) is 26.5 Å². The molecular weight excluding hydrogens is 382 g/mol. The quantitative estimate of drug-likeness (QED) is 0.491. The second-order valence-electron chi connectivity index (χ2n) is 6.95. The van der Waals surface area contributed by atoms with Crippen LogP contribution in [0.4, 0.5) is 5.82 Å². The summed E-state index contributed by atoms with van der Waals surface area (Å²) >= 11 is 1.65. The molecule has 0 bridgehead atoms. The molecule has 6 nitrogen and oxygen atoms in total. The van der Waals surface area contributed by atoms with E-state index in [2.05, 4.69) is 32.7 Å². The molecular formula is C22H23N5OS. The number of hydrogen-bond donors (Lipinski definition) is 1. The molecule has 0 radical (unpaired) electrons. The molecule has 0 aliphatic heterocycles. The van der Waals surface area contributed by atoms with Gasteiger partial charge in [0.2, 0.25) is 5.88 Å². The van der Waals surface area contributed by atoms with Gasteiger partial charge in [-0.1, -0.05) is 36.4 Å². The van der Waals surface area contributed by atoms with E-state index in [9.17, 15) is 0 Å². The van der Waals surface area contributed by atoms with E-state index >= 15 is 0 Å². The molecule has 0 fully saturated rings. The van der Waals surface area contributed by atoms with Crippen molar-refractivity contribution in [1.82, 2.24) is 19.9 Å². The number of nitrogens with one attached hydrogen (secondary N) is 1. The fourth-order valence-corrected chi connectivity index (χ4v) is 4.19. The molecule has 0 saturated carbocycles. The van der Waals surface area contributed by atoms with Gasteiger partial charge >= 0.3 is 0 Å². The standard InChI is InChI=1S/C22H23N5OS/c1-27(2)13-18-25-20(24-12-16-10-7-11-23-21(16)28-3)19-17(14-29-22(19)26-18)15-8-5-4-6-9-15/h4-11,14H,12-13H2,1-3H3,(H,24,25,26). The van der Waals surface area contributed by atoms with E-state index in [4.69, 9.17) is 14.7 Å². The number of anilines is 1. The van der Waals surface area contributed by atoms with Gasteiger partial charge in [-0.25, -0.2) is 15.0 Å². The lowest BCUT2D eigenvalue weighted by Crippen LogP contribution is -2.14. The van der Waals surface area contributed by atoms with Crippen LogP contribution in [0.2, 0.25) is 0 Å². The molecule has 7 heteroatoms. The van der Waals surface area contributed by atoms with E-state index in [-0.39, 0.29) is 0 Å². The third-order valence-corrected chi connectivity index (χ3v) is 5.38. The van der Waals surface area contributed by atoms with E-state index in [1.54, 1.807) is 24.6 Å². The largest absolute Gasteiger partial charge is 0.481 e. The number of fused-ring (bicyclic) bond motifs is 1. The van der Waals surface area contributed by atoms with Gasteiger partial charge in [0.25, 0.3) is 0 Å². The Labute approximate surface area is 174 Å². The molecule has 0 unspecified atom stereocenters. The maximum atomic E-state index is 5.39. The van der Waals surface area contributed by atoms with Gasteiger partial charge in [0, 0.05) is 29.2 Å². The van der Waals surface area contributed by atoms with Crippen LogP contribution in [0.3, 0.4) is 0 Å². The summed E-state index contributed by atoms with van der Waals surface area (Å²) in [5, 5.41) is 6.71. The second-order valence-corrected chi connectivity index (χ2v) is 7.81. The second kappa shape index (κ2) is 8.55. The number of nitrogens with zero attached hydrogens (tertiary/aromatic N) is 4. The monoisotopic (exact) mass is 405 g/mol. The summed E-state index contributed by atoms with van der Waals surface area (Å²) in [6.45, 7) is 1.24. The number of pyridine rings is 1. The fraction of sp³-hybridized carbons (Fsp3) is 0.227.